The van der Waals surface area contributed by atoms with Gasteiger partial charge >= 0.3 is 0 Å². The third-order valence-electron chi connectivity index (χ3n) is 5.18. The van der Waals surface area contributed by atoms with Crippen LogP contribution in [-0.4, -0.2) is 56.2 Å². The molecule has 7 nitrogen and oxygen atoms in total. The summed E-state index contributed by atoms with van der Waals surface area (Å²) in [5, 5.41) is 6.31. The highest BCUT2D eigenvalue weighted by molar-refractivity contribution is 5.86. The second-order valence-corrected chi connectivity index (χ2v) is 7.14. The van der Waals surface area contributed by atoms with Crippen molar-refractivity contribution in [1.29, 1.82) is 0 Å². The lowest BCUT2D eigenvalue weighted by molar-refractivity contribution is -0.130. The van der Waals surface area contributed by atoms with Gasteiger partial charge in [0.25, 0.3) is 0 Å². The molecule has 2 aliphatic heterocycles. The van der Waals surface area contributed by atoms with Gasteiger partial charge in [-0.2, -0.15) is 0 Å². The Bertz CT molecular complexity index is 899. The number of nitrogens with one attached hydrogen (secondary N) is 2. The molecule has 0 spiro atoms. The molecule has 2 aromatic rings. The van der Waals surface area contributed by atoms with E-state index in [2.05, 4.69) is 27.8 Å². The van der Waals surface area contributed by atoms with Gasteiger partial charge in [-0.1, -0.05) is 36.4 Å². The van der Waals surface area contributed by atoms with Gasteiger partial charge in [0.2, 0.25) is 5.91 Å². The van der Waals surface area contributed by atoms with Gasteiger partial charge in [0, 0.05) is 20.1 Å². The van der Waals surface area contributed by atoms with E-state index in [1.54, 1.807) is 7.05 Å². The molecule has 0 saturated carbocycles. The molecule has 1 atom stereocenters. The van der Waals surface area contributed by atoms with Crippen LogP contribution < -0.4 is 20.1 Å². The summed E-state index contributed by atoms with van der Waals surface area (Å²) in [7, 11) is 1.68. The molecule has 1 unspecified atom stereocenters. The van der Waals surface area contributed by atoms with Crippen LogP contribution in [0, 0.1) is 0 Å². The molecule has 0 radical (unpaired) electrons. The molecule has 1 amide bonds. The predicted octanol–water partition coefficient (Wildman–Crippen LogP) is 1.58. The van der Waals surface area contributed by atoms with Crippen LogP contribution in [0.2, 0.25) is 0 Å². The van der Waals surface area contributed by atoms with Crippen molar-refractivity contribution in [2.45, 2.75) is 19.1 Å². The van der Waals surface area contributed by atoms with E-state index in [1.807, 2.05) is 41.3 Å². The number of hydrogen-bond acceptors (Lipinski definition) is 4. The molecule has 2 N–H and O–H groups in total. The van der Waals surface area contributed by atoms with E-state index in [1.165, 1.54) is 11.1 Å². The van der Waals surface area contributed by atoms with E-state index >= 15 is 0 Å². The number of amides is 1. The van der Waals surface area contributed by atoms with Gasteiger partial charge in [-0.15, -0.1) is 0 Å². The monoisotopic (exact) mass is 394 g/mol. The lowest BCUT2D eigenvalue weighted by Gasteiger charge is -2.29. The first-order valence-corrected chi connectivity index (χ1v) is 9.90. The fourth-order valence-electron chi connectivity index (χ4n) is 3.57. The molecule has 0 saturated heterocycles. The van der Waals surface area contributed by atoms with Gasteiger partial charge < -0.3 is 25.0 Å². The van der Waals surface area contributed by atoms with E-state index in [0.717, 1.165) is 24.5 Å². The summed E-state index contributed by atoms with van der Waals surface area (Å²) < 4.78 is 11.7. The highest BCUT2D eigenvalue weighted by atomic mass is 16.6. The molecular formula is C22H26N4O3. The molecule has 2 aromatic carbocycles. The summed E-state index contributed by atoms with van der Waals surface area (Å²) >= 11 is 0. The van der Waals surface area contributed by atoms with Crippen molar-refractivity contribution in [3.8, 4) is 11.5 Å². The maximum atomic E-state index is 12.6. The van der Waals surface area contributed by atoms with Crippen molar-refractivity contribution in [2.75, 3.05) is 33.3 Å². The Hall–Kier alpha value is -3.22. The van der Waals surface area contributed by atoms with Crippen molar-refractivity contribution in [2.24, 2.45) is 4.99 Å². The number of ether oxygens (including phenoxy) is 2. The largest absolute Gasteiger partial charge is 0.486 e. The number of carbonyl (C=O) groups excluding carboxylic acids is 1. The zero-order valence-corrected chi connectivity index (χ0v) is 16.6. The van der Waals surface area contributed by atoms with Gasteiger partial charge in [0.15, 0.2) is 17.5 Å². The maximum absolute atomic E-state index is 12.6. The molecule has 152 valence electrons. The zero-order chi connectivity index (χ0) is 20.1. The minimum absolute atomic E-state index is 0.0635. The Kier molecular flexibility index (Phi) is 5.84. The quantitative estimate of drug-likeness (QED) is 0.608. The number of fused-ring (bicyclic) bond motifs is 2. The van der Waals surface area contributed by atoms with Crippen LogP contribution in [0.4, 0.5) is 0 Å². The third-order valence-corrected chi connectivity index (χ3v) is 5.18. The minimum Gasteiger partial charge on any atom is -0.486 e. The Morgan fingerprint density at radius 2 is 1.86 bits per heavy atom. The number of rotatable bonds is 4. The SMILES string of the molecule is CN=C(NCC(=O)N1CCc2ccccc2C1)NCC1COc2ccccc2O1. The fraction of sp³-hybridized carbons (Fsp3) is 0.364. The van der Waals surface area contributed by atoms with Crippen molar-refractivity contribution in [3.05, 3.63) is 59.7 Å². The van der Waals surface area contributed by atoms with Gasteiger partial charge in [0.1, 0.15) is 12.7 Å². The molecule has 2 heterocycles. The molecule has 4 rings (SSSR count). The smallest absolute Gasteiger partial charge is 0.242 e. The zero-order valence-electron chi connectivity index (χ0n) is 16.6. The minimum atomic E-state index is -0.127. The highest BCUT2D eigenvalue weighted by Crippen LogP contribution is 2.30. The van der Waals surface area contributed by atoms with Gasteiger partial charge in [0.05, 0.1) is 13.1 Å². The van der Waals surface area contributed by atoms with Crippen molar-refractivity contribution < 1.29 is 14.3 Å². The van der Waals surface area contributed by atoms with Gasteiger partial charge in [-0.3, -0.25) is 9.79 Å². The molecule has 0 aliphatic carbocycles. The standard InChI is InChI=1S/C22H26N4O3/c1-23-22(24-12-18-15-28-19-8-4-5-9-20(19)29-18)25-13-21(27)26-11-10-16-6-2-3-7-17(16)14-26/h2-9,18H,10-15H2,1H3,(H2,23,24,25). The summed E-state index contributed by atoms with van der Waals surface area (Å²) in [6, 6.07) is 15.9. The first-order valence-electron chi connectivity index (χ1n) is 9.90. The normalized spacial score (nSPS) is 18.0. The Balaban J connectivity index is 1.23. The number of aliphatic imine (C=N–C) groups is 1. The number of benzene rings is 2. The predicted molar refractivity (Wildman–Crippen MR) is 111 cm³/mol. The summed E-state index contributed by atoms with van der Waals surface area (Å²) in [5.41, 5.74) is 2.56. The summed E-state index contributed by atoms with van der Waals surface area (Å²) in [6.07, 6.45) is 0.771. The van der Waals surface area contributed by atoms with E-state index in [9.17, 15) is 4.79 Å². The van der Waals surface area contributed by atoms with Crippen LogP contribution in [0.5, 0.6) is 11.5 Å². The number of nitrogens with zero attached hydrogens (tertiary/aromatic N) is 2. The van der Waals surface area contributed by atoms with Crippen molar-refractivity contribution in [1.82, 2.24) is 15.5 Å². The second kappa shape index (κ2) is 8.86. The third kappa shape index (κ3) is 4.62. The fourth-order valence-corrected chi connectivity index (χ4v) is 3.57. The van der Waals surface area contributed by atoms with Crippen LogP contribution in [0.3, 0.4) is 0 Å². The lowest BCUT2D eigenvalue weighted by atomic mass is 10.00. The highest BCUT2D eigenvalue weighted by Gasteiger charge is 2.22. The van der Waals surface area contributed by atoms with Gasteiger partial charge in [-0.05, 0) is 29.7 Å². The molecule has 0 fully saturated rings. The number of hydrogen-bond donors (Lipinski definition) is 2. The Morgan fingerprint density at radius 1 is 1.10 bits per heavy atom. The average Bonchev–Trinajstić information content (AvgIpc) is 2.78. The second-order valence-electron chi connectivity index (χ2n) is 7.14. The van der Waals surface area contributed by atoms with Crippen LogP contribution in [0.1, 0.15) is 11.1 Å². The van der Waals surface area contributed by atoms with Crippen LogP contribution >= 0.6 is 0 Å². The Morgan fingerprint density at radius 3 is 2.69 bits per heavy atom. The topological polar surface area (TPSA) is 75.2 Å². The molecule has 2 aliphatic rings. The molecule has 7 heteroatoms. The first kappa shape index (κ1) is 19.1. The van der Waals surface area contributed by atoms with E-state index in [0.29, 0.717) is 25.7 Å². The number of carbonyl (C=O) groups is 1. The maximum Gasteiger partial charge on any atom is 0.242 e. The van der Waals surface area contributed by atoms with E-state index in [-0.39, 0.29) is 18.6 Å². The van der Waals surface area contributed by atoms with Crippen molar-refractivity contribution >= 4 is 11.9 Å². The molecule has 0 aromatic heterocycles. The molecule has 0 bridgehead atoms. The van der Waals surface area contributed by atoms with Crippen LogP contribution in [-0.2, 0) is 17.8 Å². The van der Waals surface area contributed by atoms with E-state index < -0.39 is 0 Å². The summed E-state index contributed by atoms with van der Waals surface area (Å²) in [4.78, 5) is 18.7. The van der Waals surface area contributed by atoms with Gasteiger partial charge in [-0.25, -0.2) is 0 Å². The number of guanidine groups is 1. The lowest BCUT2D eigenvalue weighted by Crippen LogP contribution is -2.48. The Labute approximate surface area is 170 Å². The van der Waals surface area contributed by atoms with Crippen molar-refractivity contribution in [3.63, 3.8) is 0 Å². The number of para-hydroxylation sites is 2. The average molecular weight is 394 g/mol. The van der Waals surface area contributed by atoms with E-state index in [4.69, 9.17) is 9.47 Å². The summed E-state index contributed by atoms with van der Waals surface area (Å²) in [5.74, 6) is 2.14. The van der Waals surface area contributed by atoms with Crippen LogP contribution in [0.15, 0.2) is 53.5 Å². The first-order chi connectivity index (χ1) is 14.2. The molecular weight excluding hydrogens is 368 g/mol. The summed E-state index contributed by atoms with van der Waals surface area (Å²) in [6.45, 7) is 2.60. The molecule has 29 heavy (non-hydrogen) atoms. The van der Waals surface area contributed by atoms with Crippen LogP contribution in [0.25, 0.3) is 0 Å².